The molecule has 2 saturated heterocycles. The zero-order chi connectivity index (χ0) is 15.7. The molecular weight excluding hydrogens is 276 g/mol. The Kier molecular flexibility index (Phi) is 4.57. The quantitative estimate of drug-likeness (QED) is 0.828. The van der Waals surface area contributed by atoms with Crippen LogP contribution in [0.2, 0.25) is 0 Å². The zero-order valence-electron chi connectivity index (χ0n) is 14.5. The van der Waals surface area contributed by atoms with Gasteiger partial charge < -0.3 is 4.74 Å². The maximum absolute atomic E-state index is 5.67. The zero-order valence-corrected chi connectivity index (χ0v) is 14.5. The van der Waals surface area contributed by atoms with E-state index in [4.69, 9.17) is 4.74 Å². The Hall–Kier alpha value is -0.910. The molecule has 5 nitrogen and oxygen atoms in total. The lowest BCUT2D eigenvalue weighted by atomic mass is 9.75. The van der Waals surface area contributed by atoms with E-state index < -0.39 is 0 Å². The van der Waals surface area contributed by atoms with E-state index in [1.807, 2.05) is 11.7 Å². The molecule has 5 heteroatoms. The first kappa shape index (κ1) is 16.0. The molecule has 0 saturated carbocycles. The van der Waals surface area contributed by atoms with Gasteiger partial charge in [0.2, 0.25) is 0 Å². The highest BCUT2D eigenvalue weighted by atomic mass is 16.5. The average Bonchev–Trinajstić information content (AvgIpc) is 2.76. The van der Waals surface area contributed by atoms with Crippen LogP contribution in [0.1, 0.15) is 31.2 Å². The molecule has 2 fully saturated rings. The Morgan fingerprint density at radius 3 is 2.77 bits per heavy atom. The average molecular weight is 306 g/mol. The van der Waals surface area contributed by atoms with Gasteiger partial charge in [-0.25, -0.2) is 0 Å². The van der Waals surface area contributed by atoms with Crippen LogP contribution in [0.5, 0.6) is 0 Å². The van der Waals surface area contributed by atoms with Crippen molar-refractivity contribution in [3.8, 4) is 0 Å². The maximum atomic E-state index is 5.67. The Labute approximate surface area is 134 Å². The first-order chi connectivity index (χ1) is 10.5. The minimum atomic E-state index is 0.383. The van der Waals surface area contributed by atoms with Crippen LogP contribution in [0.25, 0.3) is 0 Å². The van der Waals surface area contributed by atoms with Crippen LogP contribution >= 0.6 is 0 Å². The summed E-state index contributed by atoms with van der Waals surface area (Å²) < 4.78 is 7.68. The van der Waals surface area contributed by atoms with Crippen LogP contribution in [0.15, 0.2) is 6.07 Å². The molecule has 22 heavy (non-hydrogen) atoms. The summed E-state index contributed by atoms with van der Waals surface area (Å²) in [4.78, 5) is 5.14. The third kappa shape index (κ3) is 3.07. The number of ether oxygens (including phenoxy) is 1. The molecule has 2 aliphatic heterocycles. The molecule has 1 unspecified atom stereocenters. The molecule has 0 aromatic carbocycles. The number of nitrogens with zero attached hydrogens (tertiary/aromatic N) is 4. The van der Waals surface area contributed by atoms with Gasteiger partial charge in [-0.05, 0) is 52.3 Å². The highest BCUT2D eigenvalue weighted by molar-refractivity contribution is 5.12. The highest BCUT2D eigenvalue weighted by Crippen LogP contribution is 2.38. The molecule has 0 N–H and O–H groups in total. The van der Waals surface area contributed by atoms with Crippen molar-refractivity contribution in [2.75, 3.05) is 39.9 Å². The molecule has 124 valence electrons. The van der Waals surface area contributed by atoms with Gasteiger partial charge in [-0.3, -0.25) is 14.5 Å². The summed E-state index contributed by atoms with van der Waals surface area (Å²) in [6, 6.07) is 2.20. The molecule has 0 aliphatic carbocycles. The van der Waals surface area contributed by atoms with E-state index in [2.05, 4.69) is 41.9 Å². The topological polar surface area (TPSA) is 33.5 Å². The third-order valence-electron chi connectivity index (χ3n) is 5.43. The number of hydrogen-bond acceptors (Lipinski definition) is 4. The molecule has 0 radical (unpaired) electrons. The van der Waals surface area contributed by atoms with Gasteiger partial charge in [0.1, 0.15) is 0 Å². The number of likely N-dealkylation sites (tertiary alicyclic amines) is 2. The van der Waals surface area contributed by atoms with Crippen LogP contribution < -0.4 is 0 Å². The predicted molar refractivity (Wildman–Crippen MR) is 87.8 cm³/mol. The smallest absolute Gasteiger partial charge is 0.0597 e. The summed E-state index contributed by atoms with van der Waals surface area (Å²) >= 11 is 0. The maximum Gasteiger partial charge on any atom is 0.0597 e. The molecule has 1 aromatic heterocycles. The Bertz CT molecular complexity index is 505. The molecule has 3 rings (SSSR count). The van der Waals surface area contributed by atoms with Gasteiger partial charge in [-0.2, -0.15) is 5.10 Å². The second-order valence-electron chi connectivity index (χ2n) is 7.21. The molecule has 0 amide bonds. The molecular formula is C17H30N4O. The van der Waals surface area contributed by atoms with Gasteiger partial charge >= 0.3 is 0 Å². The van der Waals surface area contributed by atoms with Crippen LogP contribution in [-0.2, 0) is 18.3 Å². The summed E-state index contributed by atoms with van der Waals surface area (Å²) in [6.07, 6.45) is 2.56. The van der Waals surface area contributed by atoms with E-state index in [0.29, 0.717) is 5.54 Å². The van der Waals surface area contributed by atoms with Crippen LogP contribution in [0.4, 0.5) is 0 Å². The first-order valence-corrected chi connectivity index (χ1v) is 8.53. The summed E-state index contributed by atoms with van der Waals surface area (Å²) in [5.41, 5.74) is 2.81. The molecule has 2 aliphatic rings. The van der Waals surface area contributed by atoms with Crippen molar-refractivity contribution in [2.24, 2.45) is 13.0 Å². The normalized spacial score (nSPS) is 25.5. The number of hydrogen-bond donors (Lipinski definition) is 0. The van der Waals surface area contributed by atoms with Crippen LogP contribution in [0.3, 0.4) is 0 Å². The number of rotatable bonds is 5. The molecule has 1 spiro atoms. The van der Waals surface area contributed by atoms with Gasteiger partial charge in [0, 0.05) is 45.4 Å². The molecule has 1 aromatic rings. The van der Waals surface area contributed by atoms with E-state index in [1.165, 1.54) is 38.2 Å². The van der Waals surface area contributed by atoms with Gasteiger partial charge in [0.15, 0.2) is 0 Å². The Balaban J connectivity index is 1.56. The lowest BCUT2D eigenvalue weighted by molar-refractivity contribution is -0.0928. The highest BCUT2D eigenvalue weighted by Gasteiger charge is 2.49. The Morgan fingerprint density at radius 2 is 2.14 bits per heavy atom. The summed E-state index contributed by atoms with van der Waals surface area (Å²) in [5.74, 6) is 0.734. The van der Waals surface area contributed by atoms with Gasteiger partial charge in [-0.15, -0.1) is 0 Å². The van der Waals surface area contributed by atoms with Gasteiger partial charge in [0.05, 0.1) is 11.4 Å². The third-order valence-corrected chi connectivity index (χ3v) is 5.43. The SMILES string of the molecule is CCOCC1CCN(C)C2(C1)CN(Cc1cc(C)nn1C)C2. The van der Waals surface area contributed by atoms with E-state index in [0.717, 1.165) is 31.4 Å². The number of likely N-dealkylation sites (N-methyl/N-ethyl adjacent to an activating group) is 1. The largest absolute Gasteiger partial charge is 0.381 e. The summed E-state index contributed by atoms with van der Waals surface area (Å²) in [6.45, 7) is 10.5. The fourth-order valence-electron chi connectivity index (χ4n) is 4.15. The minimum absolute atomic E-state index is 0.383. The number of aromatic nitrogens is 2. The van der Waals surface area contributed by atoms with Gasteiger partial charge in [0.25, 0.3) is 0 Å². The Morgan fingerprint density at radius 1 is 1.36 bits per heavy atom. The fourth-order valence-corrected chi connectivity index (χ4v) is 4.15. The van der Waals surface area contributed by atoms with Crippen molar-refractivity contribution in [2.45, 2.75) is 38.8 Å². The van der Waals surface area contributed by atoms with Crippen molar-refractivity contribution in [3.05, 3.63) is 17.5 Å². The second-order valence-corrected chi connectivity index (χ2v) is 7.21. The molecule has 1 atom stereocenters. The van der Waals surface area contributed by atoms with E-state index in [1.54, 1.807) is 0 Å². The second kappa shape index (κ2) is 6.30. The number of aryl methyl sites for hydroxylation is 2. The fraction of sp³-hybridized carbons (Fsp3) is 0.824. The van der Waals surface area contributed by atoms with E-state index >= 15 is 0 Å². The lowest BCUT2D eigenvalue weighted by Gasteiger charge is -2.58. The first-order valence-electron chi connectivity index (χ1n) is 8.53. The predicted octanol–water partition coefficient (Wildman–Crippen LogP) is 1.66. The van der Waals surface area contributed by atoms with Crippen LogP contribution in [-0.4, -0.2) is 65.0 Å². The summed E-state index contributed by atoms with van der Waals surface area (Å²) in [7, 11) is 4.34. The van der Waals surface area contributed by atoms with E-state index in [-0.39, 0.29) is 0 Å². The van der Waals surface area contributed by atoms with Crippen molar-refractivity contribution in [3.63, 3.8) is 0 Å². The lowest BCUT2D eigenvalue weighted by Crippen LogP contribution is -2.71. The standard InChI is InChI=1S/C17H30N4O/c1-5-22-11-15-6-7-19(3)17(9-15)12-21(13-17)10-16-8-14(2)18-20(16)4/h8,15H,5-7,9-13H2,1-4H3. The monoisotopic (exact) mass is 306 g/mol. The van der Waals surface area contributed by atoms with Crippen molar-refractivity contribution < 1.29 is 4.74 Å². The summed E-state index contributed by atoms with van der Waals surface area (Å²) in [5, 5.41) is 4.45. The number of piperidine rings is 1. The molecule has 0 bridgehead atoms. The van der Waals surface area contributed by atoms with E-state index in [9.17, 15) is 0 Å². The van der Waals surface area contributed by atoms with Crippen molar-refractivity contribution in [1.29, 1.82) is 0 Å². The van der Waals surface area contributed by atoms with Crippen molar-refractivity contribution in [1.82, 2.24) is 19.6 Å². The molecule has 3 heterocycles. The minimum Gasteiger partial charge on any atom is -0.381 e. The van der Waals surface area contributed by atoms with Crippen molar-refractivity contribution >= 4 is 0 Å². The van der Waals surface area contributed by atoms with Gasteiger partial charge in [-0.1, -0.05) is 0 Å². The van der Waals surface area contributed by atoms with Crippen LogP contribution in [0, 0.1) is 12.8 Å².